The maximum Gasteiger partial charge on any atom is 0.251 e. The number of carbonyl (C=O) groups excluding carboxylic acids is 2. The van der Waals surface area contributed by atoms with E-state index in [1.165, 1.54) is 11.8 Å². The Labute approximate surface area is 174 Å². The Morgan fingerprint density at radius 1 is 1.00 bits per heavy atom. The monoisotopic (exact) mass is 402 g/mol. The number of nitrogens with one attached hydrogen (secondary N) is 1. The molecule has 0 aliphatic carbocycles. The summed E-state index contributed by atoms with van der Waals surface area (Å²) < 4.78 is 0. The van der Waals surface area contributed by atoms with Gasteiger partial charge in [-0.05, 0) is 36.2 Å². The van der Waals surface area contributed by atoms with Crippen LogP contribution in [0.15, 0.2) is 77.7 Å². The lowest BCUT2D eigenvalue weighted by Gasteiger charge is -2.29. The zero-order valence-corrected chi connectivity index (χ0v) is 17.0. The van der Waals surface area contributed by atoms with Crippen molar-refractivity contribution in [3.63, 3.8) is 0 Å². The van der Waals surface area contributed by atoms with Crippen molar-refractivity contribution < 1.29 is 9.59 Å². The Morgan fingerprint density at radius 2 is 1.79 bits per heavy atom. The van der Waals surface area contributed by atoms with Gasteiger partial charge in [0.1, 0.15) is 0 Å². The molecule has 0 radical (unpaired) electrons. The first-order valence-corrected chi connectivity index (χ1v) is 10.5. The molecule has 146 valence electrons. The van der Waals surface area contributed by atoms with E-state index in [0.29, 0.717) is 24.4 Å². The molecule has 0 saturated heterocycles. The van der Waals surface area contributed by atoms with Crippen molar-refractivity contribution in [2.45, 2.75) is 24.9 Å². The van der Waals surface area contributed by atoms with Crippen LogP contribution in [0.1, 0.15) is 27.0 Å². The minimum atomic E-state index is -0.143. The lowest BCUT2D eigenvalue weighted by Crippen LogP contribution is -2.35. The molecule has 4 rings (SSSR count). The number of anilines is 1. The highest BCUT2D eigenvalue weighted by Crippen LogP contribution is 2.37. The fourth-order valence-electron chi connectivity index (χ4n) is 3.39. The number of carbonyl (C=O) groups is 2. The summed E-state index contributed by atoms with van der Waals surface area (Å²) in [5.74, 6) is 0.333. The molecule has 1 N–H and O–H groups in total. The Morgan fingerprint density at radius 3 is 2.59 bits per heavy atom. The number of rotatable bonds is 5. The summed E-state index contributed by atoms with van der Waals surface area (Å²) in [6.07, 6.45) is 0. The van der Waals surface area contributed by atoms with Gasteiger partial charge in [0.25, 0.3) is 5.91 Å². The predicted octanol–water partition coefficient (Wildman–Crippen LogP) is 4.56. The van der Waals surface area contributed by atoms with Crippen LogP contribution >= 0.6 is 11.8 Å². The van der Waals surface area contributed by atoms with Crippen LogP contribution < -0.4 is 10.2 Å². The van der Waals surface area contributed by atoms with Crippen LogP contribution in [-0.2, 0) is 17.9 Å². The maximum atomic E-state index is 12.7. The molecule has 0 unspecified atom stereocenters. The highest BCUT2D eigenvalue weighted by Gasteiger charge is 2.26. The van der Waals surface area contributed by atoms with Gasteiger partial charge in [-0.2, -0.15) is 0 Å². The maximum absolute atomic E-state index is 12.7. The third-order valence-corrected chi connectivity index (χ3v) is 5.93. The number of hydrogen-bond donors (Lipinski definition) is 1. The van der Waals surface area contributed by atoms with E-state index in [1.807, 2.05) is 73.7 Å². The molecule has 0 bridgehead atoms. The second-order valence-electron chi connectivity index (χ2n) is 7.11. The zero-order valence-electron chi connectivity index (χ0n) is 16.2. The lowest BCUT2D eigenvalue weighted by molar-refractivity contribution is -0.116. The van der Waals surface area contributed by atoms with Crippen molar-refractivity contribution >= 4 is 29.3 Å². The molecule has 0 saturated carbocycles. The fraction of sp³-hybridized carbons (Fsp3) is 0.167. The second-order valence-corrected chi connectivity index (χ2v) is 8.13. The van der Waals surface area contributed by atoms with E-state index >= 15 is 0 Å². The Bertz CT molecular complexity index is 1050. The van der Waals surface area contributed by atoms with E-state index < -0.39 is 0 Å². The molecular weight excluding hydrogens is 380 g/mol. The normalized spacial score (nSPS) is 13.1. The van der Waals surface area contributed by atoms with Crippen LogP contribution in [0.5, 0.6) is 0 Å². The quantitative estimate of drug-likeness (QED) is 0.680. The first kappa shape index (κ1) is 19.3. The Balaban J connectivity index is 1.56. The summed E-state index contributed by atoms with van der Waals surface area (Å²) in [7, 11) is 0. The molecule has 3 aromatic carbocycles. The van der Waals surface area contributed by atoms with E-state index in [4.69, 9.17) is 0 Å². The summed E-state index contributed by atoms with van der Waals surface area (Å²) in [6, 6.07) is 23.6. The highest BCUT2D eigenvalue weighted by atomic mass is 32.2. The summed E-state index contributed by atoms with van der Waals surface area (Å²) >= 11 is 1.52. The number of benzene rings is 3. The van der Waals surface area contributed by atoms with Gasteiger partial charge in [0.05, 0.1) is 18.0 Å². The standard InChI is InChI=1S/C24H22N2O2S/c1-17-6-5-9-19(12-17)15-26-21-13-20(10-11-22(21)29-16-23(26)27)24(28)25-14-18-7-3-2-4-8-18/h2-13H,14-16H2,1H3,(H,25,28). The average molecular weight is 403 g/mol. The van der Waals surface area contributed by atoms with Crippen molar-refractivity contribution in [1.82, 2.24) is 5.32 Å². The number of aryl methyl sites for hydroxylation is 1. The first-order chi connectivity index (χ1) is 14.1. The van der Waals surface area contributed by atoms with Crippen molar-refractivity contribution in [3.05, 3.63) is 95.1 Å². The minimum Gasteiger partial charge on any atom is -0.348 e. The molecule has 3 aromatic rings. The van der Waals surface area contributed by atoms with Gasteiger partial charge >= 0.3 is 0 Å². The minimum absolute atomic E-state index is 0.0610. The summed E-state index contributed by atoms with van der Waals surface area (Å²) in [4.78, 5) is 28.1. The number of thioether (sulfide) groups is 1. The van der Waals surface area contributed by atoms with Crippen LogP contribution in [0, 0.1) is 6.92 Å². The van der Waals surface area contributed by atoms with E-state index in [2.05, 4.69) is 11.4 Å². The number of hydrogen-bond acceptors (Lipinski definition) is 3. The molecule has 2 amide bonds. The van der Waals surface area contributed by atoms with Gasteiger partial charge in [0.2, 0.25) is 5.91 Å². The molecule has 1 aliphatic rings. The molecular formula is C24H22N2O2S. The van der Waals surface area contributed by atoms with E-state index in [1.54, 1.807) is 4.90 Å². The van der Waals surface area contributed by atoms with Crippen molar-refractivity contribution in [2.24, 2.45) is 0 Å². The van der Waals surface area contributed by atoms with E-state index in [-0.39, 0.29) is 11.8 Å². The molecule has 0 atom stereocenters. The molecule has 0 fully saturated rings. The van der Waals surface area contributed by atoms with Gasteiger partial charge < -0.3 is 10.2 Å². The summed E-state index contributed by atoms with van der Waals surface area (Å²) in [5.41, 5.74) is 4.65. The van der Waals surface area contributed by atoms with Crippen LogP contribution in [-0.4, -0.2) is 17.6 Å². The number of fused-ring (bicyclic) bond motifs is 1. The molecule has 0 aromatic heterocycles. The second kappa shape index (κ2) is 8.53. The third kappa shape index (κ3) is 4.51. The molecule has 5 heteroatoms. The van der Waals surface area contributed by atoms with Crippen molar-refractivity contribution in [3.8, 4) is 0 Å². The predicted molar refractivity (Wildman–Crippen MR) is 117 cm³/mol. The van der Waals surface area contributed by atoms with Gasteiger partial charge in [0.15, 0.2) is 0 Å². The van der Waals surface area contributed by atoms with Gasteiger partial charge in [-0.15, -0.1) is 11.8 Å². The van der Waals surface area contributed by atoms with E-state index in [0.717, 1.165) is 27.3 Å². The fourth-order valence-corrected chi connectivity index (χ4v) is 4.31. The Kier molecular flexibility index (Phi) is 5.67. The smallest absolute Gasteiger partial charge is 0.251 e. The molecule has 1 aliphatic heterocycles. The Hall–Kier alpha value is -3.05. The van der Waals surface area contributed by atoms with E-state index in [9.17, 15) is 9.59 Å². The van der Waals surface area contributed by atoms with Crippen LogP contribution in [0.2, 0.25) is 0 Å². The molecule has 1 heterocycles. The molecule has 29 heavy (non-hydrogen) atoms. The van der Waals surface area contributed by atoms with Crippen LogP contribution in [0.4, 0.5) is 5.69 Å². The highest BCUT2D eigenvalue weighted by molar-refractivity contribution is 8.00. The lowest BCUT2D eigenvalue weighted by atomic mass is 10.1. The van der Waals surface area contributed by atoms with Gasteiger partial charge in [-0.25, -0.2) is 0 Å². The van der Waals surface area contributed by atoms with Crippen LogP contribution in [0.25, 0.3) is 0 Å². The average Bonchev–Trinajstić information content (AvgIpc) is 2.74. The zero-order chi connectivity index (χ0) is 20.2. The van der Waals surface area contributed by atoms with Crippen LogP contribution in [0.3, 0.4) is 0 Å². The number of amides is 2. The van der Waals surface area contributed by atoms with Crippen molar-refractivity contribution in [1.29, 1.82) is 0 Å². The van der Waals surface area contributed by atoms with Gasteiger partial charge in [-0.1, -0.05) is 60.2 Å². The topological polar surface area (TPSA) is 49.4 Å². The third-order valence-electron chi connectivity index (χ3n) is 4.88. The summed E-state index contributed by atoms with van der Waals surface area (Å²) in [5, 5.41) is 2.96. The first-order valence-electron chi connectivity index (χ1n) is 9.55. The largest absolute Gasteiger partial charge is 0.348 e. The number of nitrogens with zero attached hydrogens (tertiary/aromatic N) is 1. The molecule has 0 spiro atoms. The SMILES string of the molecule is Cc1cccc(CN2C(=O)CSc3ccc(C(=O)NCc4ccccc4)cc32)c1. The van der Waals surface area contributed by atoms with Gasteiger partial charge in [0, 0.05) is 17.0 Å². The summed E-state index contributed by atoms with van der Waals surface area (Å²) in [6.45, 7) is 3.01. The molecule has 4 nitrogen and oxygen atoms in total. The van der Waals surface area contributed by atoms with Gasteiger partial charge in [-0.3, -0.25) is 9.59 Å². The van der Waals surface area contributed by atoms with Crippen molar-refractivity contribution in [2.75, 3.05) is 10.7 Å².